The van der Waals surface area contributed by atoms with Crippen molar-refractivity contribution >= 4 is 23.1 Å². The van der Waals surface area contributed by atoms with Gasteiger partial charge in [-0.2, -0.15) is 4.37 Å². The van der Waals surface area contributed by atoms with Gasteiger partial charge >= 0.3 is 0 Å². The number of amides is 1. The number of halogens is 3. The number of hydrogen-bond donors (Lipinski definition) is 2. The van der Waals surface area contributed by atoms with Crippen LogP contribution in [0.4, 0.5) is 18.9 Å². The molecule has 31 heavy (non-hydrogen) atoms. The molecule has 0 bridgehead atoms. The number of anilines is 1. The Hall–Kier alpha value is -2.98. The minimum atomic E-state index is -0.979. The molecule has 1 aliphatic rings. The van der Waals surface area contributed by atoms with Gasteiger partial charge in [0.25, 0.3) is 5.91 Å². The maximum Gasteiger partial charge on any atom is 0.274 e. The van der Waals surface area contributed by atoms with Gasteiger partial charge in [0.1, 0.15) is 40.6 Å². The molecule has 162 valence electrons. The van der Waals surface area contributed by atoms with Crippen LogP contribution >= 0.6 is 11.5 Å². The van der Waals surface area contributed by atoms with Crippen molar-refractivity contribution in [2.75, 3.05) is 5.32 Å². The molecule has 2 heterocycles. The molecule has 2 aromatic heterocycles. The maximum atomic E-state index is 14.2. The summed E-state index contributed by atoms with van der Waals surface area (Å²) in [5.74, 6) is -3.60. The lowest BCUT2D eigenvalue weighted by atomic mass is 9.94. The van der Waals surface area contributed by atoms with Crippen LogP contribution < -0.4 is 15.8 Å². The number of aromatic nitrogens is 2. The summed E-state index contributed by atoms with van der Waals surface area (Å²) in [6, 6.07) is 5.29. The number of nitrogens with two attached hydrogens (primary N) is 1. The Labute approximate surface area is 180 Å². The van der Waals surface area contributed by atoms with Crippen LogP contribution in [0.5, 0.6) is 5.06 Å². The van der Waals surface area contributed by atoms with Crippen LogP contribution in [0.25, 0.3) is 11.3 Å². The van der Waals surface area contributed by atoms with Gasteiger partial charge in [-0.1, -0.05) is 6.07 Å². The highest BCUT2D eigenvalue weighted by atomic mass is 32.1. The third-order valence-corrected chi connectivity index (χ3v) is 5.70. The van der Waals surface area contributed by atoms with E-state index in [1.54, 1.807) is 0 Å². The van der Waals surface area contributed by atoms with Crippen molar-refractivity contribution in [3.05, 3.63) is 59.7 Å². The Morgan fingerprint density at radius 2 is 1.90 bits per heavy atom. The summed E-state index contributed by atoms with van der Waals surface area (Å²) in [6.07, 6.45) is 4.84. The number of nitrogens with zero attached hydrogens (tertiary/aromatic N) is 2. The summed E-state index contributed by atoms with van der Waals surface area (Å²) in [4.78, 5) is 16.5. The third-order valence-electron chi connectivity index (χ3n) is 5.00. The van der Waals surface area contributed by atoms with Gasteiger partial charge in [0, 0.05) is 17.6 Å². The van der Waals surface area contributed by atoms with Crippen molar-refractivity contribution in [2.24, 2.45) is 5.73 Å². The molecule has 10 heteroatoms. The van der Waals surface area contributed by atoms with E-state index in [1.807, 2.05) is 0 Å². The van der Waals surface area contributed by atoms with Crippen molar-refractivity contribution < 1.29 is 22.7 Å². The smallest absolute Gasteiger partial charge is 0.274 e. The first-order chi connectivity index (χ1) is 14.9. The van der Waals surface area contributed by atoms with Gasteiger partial charge in [0.2, 0.25) is 5.06 Å². The lowest BCUT2D eigenvalue weighted by Gasteiger charge is -2.26. The van der Waals surface area contributed by atoms with Crippen LogP contribution in [0, 0.1) is 17.5 Å². The van der Waals surface area contributed by atoms with Gasteiger partial charge in [-0.15, -0.1) is 0 Å². The average Bonchev–Trinajstić information content (AvgIpc) is 3.15. The van der Waals surface area contributed by atoms with Crippen LogP contribution in [0.3, 0.4) is 0 Å². The van der Waals surface area contributed by atoms with Crippen LogP contribution in [-0.2, 0) is 0 Å². The van der Waals surface area contributed by atoms with Gasteiger partial charge in [0.15, 0.2) is 0 Å². The molecule has 0 saturated heterocycles. The first kappa shape index (κ1) is 21.3. The molecule has 2 unspecified atom stereocenters. The molecule has 1 saturated carbocycles. The van der Waals surface area contributed by atoms with E-state index in [2.05, 4.69) is 14.7 Å². The van der Waals surface area contributed by atoms with Crippen molar-refractivity contribution in [1.82, 2.24) is 9.36 Å². The third kappa shape index (κ3) is 4.70. The summed E-state index contributed by atoms with van der Waals surface area (Å²) in [5.41, 5.74) is 4.89. The molecule has 4 rings (SSSR count). The molecule has 0 radical (unpaired) electrons. The molecule has 1 amide bonds. The van der Waals surface area contributed by atoms with Gasteiger partial charge in [0.05, 0.1) is 11.8 Å². The Kier molecular flexibility index (Phi) is 6.19. The molecule has 1 fully saturated rings. The Morgan fingerprint density at radius 3 is 2.65 bits per heavy atom. The quantitative estimate of drug-likeness (QED) is 0.599. The number of ether oxygens (including phenoxy) is 1. The lowest BCUT2D eigenvalue weighted by molar-refractivity contribution is 0.102. The Bertz CT molecular complexity index is 1090. The summed E-state index contributed by atoms with van der Waals surface area (Å²) >= 11 is 1.08. The van der Waals surface area contributed by atoms with Crippen LogP contribution in [-0.4, -0.2) is 27.4 Å². The normalized spacial score (nSPS) is 18.6. The van der Waals surface area contributed by atoms with Crippen molar-refractivity contribution in [1.29, 1.82) is 0 Å². The van der Waals surface area contributed by atoms with E-state index in [1.165, 1.54) is 6.20 Å². The maximum absolute atomic E-state index is 14.2. The fourth-order valence-electron chi connectivity index (χ4n) is 3.49. The molecular formula is C21H19F3N4O2S. The van der Waals surface area contributed by atoms with E-state index >= 15 is 0 Å². The monoisotopic (exact) mass is 448 g/mol. The molecule has 2 atom stereocenters. The SMILES string of the molecule is NC1CCCC(Oc2sncc2NC(=O)c2ccc(F)c(-c3c(F)cccc3F)n2)C1. The number of benzene rings is 1. The lowest BCUT2D eigenvalue weighted by Crippen LogP contribution is -2.33. The standard InChI is InChI=1S/C21H19F3N4O2S/c22-13-5-2-6-14(23)18(13)19-15(24)7-8-16(27-19)20(29)28-17-10-26-31-21(17)30-12-4-1-3-11(25)9-12/h2,5-8,10-12H,1,3-4,9,25H2,(H,28,29). The topological polar surface area (TPSA) is 90.1 Å². The number of carbonyl (C=O) groups excluding carboxylic acids is 1. The van der Waals surface area contributed by atoms with Gasteiger partial charge in [-0.05, 0) is 49.9 Å². The van der Waals surface area contributed by atoms with E-state index in [0.29, 0.717) is 17.2 Å². The predicted octanol–water partition coefficient (Wildman–Crippen LogP) is 4.52. The molecule has 3 aromatic rings. The zero-order valence-corrected chi connectivity index (χ0v) is 17.1. The molecule has 3 N–H and O–H groups in total. The number of pyridine rings is 1. The van der Waals surface area contributed by atoms with E-state index in [-0.39, 0.29) is 17.8 Å². The highest BCUT2D eigenvalue weighted by Crippen LogP contribution is 2.33. The van der Waals surface area contributed by atoms with Crippen molar-refractivity contribution in [3.8, 4) is 16.3 Å². The largest absolute Gasteiger partial charge is 0.478 e. The summed E-state index contributed by atoms with van der Waals surface area (Å²) in [6.45, 7) is 0. The fourth-order valence-corrected chi connectivity index (χ4v) is 4.13. The zero-order valence-electron chi connectivity index (χ0n) is 16.3. The fraction of sp³-hybridized carbons (Fsp3) is 0.286. The van der Waals surface area contributed by atoms with Crippen molar-refractivity contribution in [3.63, 3.8) is 0 Å². The second-order valence-corrected chi connectivity index (χ2v) is 8.04. The van der Waals surface area contributed by atoms with Crippen LogP contribution in [0.15, 0.2) is 36.5 Å². The molecule has 0 aliphatic heterocycles. The molecule has 6 nitrogen and oxygen atoms in total. The van der Waals surface area contributed by atoms with E-state index in [0.717, 1.165) is 61.1 Å². The highest BCUT2D eigenvalue weighted by molar-refractivity contribution is 7.08. The second-order valence-electron chi connectivity index (χ2n) is 7.27. The van der Waals surface area contributed by atoms with Crippen LogP contribution in [0.2, 0.25) is 0 Å². The average molecular weight is 448 g/mol. The van der Waals surface area contributed by atoms with Gasteiger partial charge < -0.3 is 15.8 Å². The Balaban J connectivity index is 1.55. The zero-order chi connectivity index (χ0) is 22.0. The van der Waals surface area contributed by atoms with Gasteiger partial charge in [-0.3, -0.25) is 4.79 Å². The number of carbonyl (C=O) groups is 1. The first-order valence-electron chi connectivity index (χ1n) is 9.71. The Morgan fingerprint density at radius 1 is 1.13 bits per heavy atom. The predicted molar refractivity (Wildman–Crippen MR) is 110 cm³/mol. The number of hydrogen-bond acceptors (Lipinski definition) is 6. The molecular weight excluding hydrogens is 429 g/mol. The van der Waals surface area contributed by atoms with E-state index in [4.69, 9.17) is 10.5 Å². The summed E-state index contributed by atoms with van der Waals surface area (Å²) in [7, 11) is 0. The molecule has 1 aliphatic carbocycles. The minimum Gasteiger partial charge on any atom is -0.478 e. The van der Waals surface area contributed by atoms with Gasteiger partial charge in [-0.25, -0.2) is 18.2 Å². The minimum absolute atomic E-state index is 0.0700. The summed E-state index contributed by atoms with van der Waals surface area (Å²) in [5, 5.41) is 3.04. The number of rotatable bonds is 5. The van der Waals surface area contributed by atoms with Crippen molar-refractivity contribution in [2.45, 2.75) is 37.8 Å². The first-order valence-corrected chi connectivity index (χ1v) is 10.5. The summed E-state index contributed by atoms with van der Waals surface area (Å²) < 4.78 is 52.4. The molecule has 0 spiro atoms. The highest BCUT2D eigenvalue weighted by Gasteiger charge is 2.24. The second kappa shape index (κ2) is 9.03. The number of nitrogens with one attached hydrogen (secondary N) is 1. The van der Waals surface area contributed by atoms with E-state index < -0.39 is 34.6 Å². The van der Waals surface area contributed by atoms with Crippen LogP contribution in [0.1, 0.15) is 36.2 Å². The molecule has 1 aromatic carbocycles. The van der Waals surface area contributed by atoms with E-state index in [9.17, 15) is 18.0 Å².